The number of nitrogens with zero attached hydrogens (tertiary/aromatic N) is 2. The molecule has 5 rings (SSSR count). The van der Waals surface area contributed by atoms with Gasteiger partial charge in [-0.25, -0.2) is 0 Å². The Morgan fingerprint density at radius 1 is 0.724 bits per heavy atom. The first kappa shape index (κ1) is 18.2. The van der Waals surface area contributed by atoms with Crippen LogP contribution in [0.2, 0.25) is 0 Å². The third-order valence-electron chi connectivity index (χ3n) is 6.50. The van der Waals surface area contributed by atoms with E-state index in [2.05, 4.69) is 0 Å². The van der Waals surface area contributed by atoms with Gasteiger partial charge in [-0.1, -0.05) is 36.4 Å². The van der Waals surface area contributed by atoms with Gasteiger partial charge in [0.15, 0.2) is 0 Å². The lowest BCUT2D eigenvalue weighted by molar-refractivity contribution is -0.140. The van der Waals surface area contributed by atoms with Gasteiger partial charge >= 0.3 is 0 Å². The average Bonchev–Trinajstić information content (AvgIpc) is 3.31. The van der Waals surface area contributed by atoms with Crippen molar-refractivity contribution >= 4 is 11.8 Å². The van der Waals surface area contributed by atoms with Crippen LogP contribution < -0.4 is 4.74 Å². The summed E-state index contributed by atoms with van der Waals surface area (Å²) in [5, 5.41) is 0. The molecule has 2 aromatic rings. The smallest absolute Gasteiger partial charge is 0.234 e. The van der Waals surface area contributed by atoms with Crippen molar-refractivity contribution in [3.63, 3.8) is 0 Å². The minimum Gasteiger partial charge on any atom is -0.457 e. The molecule has 0 atom stereocenters. The van der Waals surface area contributed by atoms with Gasteiger partial charge in [-0.15, -0.1) is 0 Å². The second kappa shape index (κ2) is 7.54. The summed E-state index contributed by atoms with van der Waals surface area (Å²) in [6.07, 6.45) is 3.75. The summed E-state index contributed by atoms with van der Waals surface area (Å²) in [6.45, 7) is 3.08. The van der Waals surface area contributed by atoms with Gasteiger partial charge < -0.3 is 14.5 Å². The Hall–Kier alpha value is -2.82. The Labute approximate surface area is 171 Å². The third kappa shape index (κ3) is 3.28. The lowest BCUT2D eigenvalue weighted by Gasteiger charge is -2.36. The van der Waals surface area contributed by atoms with Crippen LogP contribution in [0, 0.1) is 5.92 Å². The summed E-state index contributed by atoms with van der Waals surface area (Å²) in [4.78, 5) is 30.2. The molecule has 150 valence electrons. The summed E-state index contributed by atoms with van der Waals surface area (Å²) in [5.41, 5.74) is 1.85. The highest BCUT2D eigenvalue weighted by Crippen LogP contribution is 2.45. The molecule has 5 heteroatoms. The molecule has 0 unspecified atom stereocenters. The molecule has 0 spiro atoms. The van der Waals surface area contributed by atoms with Gasteiger partial charge in [-0.2, -0.15) is 0 Å². The molecule has 0 saturated carbocycles. The van der Waals surface area contributed by atoms with Gasteiger partial charge in [-0.3, -0.25) is 9.59 Å². The Morgan fingerprint density at radius 3 is 1.83 bits per heavy atom. The molecule has 0 N–H and O–H groups in total. The molecule has 2 aromatic carbocycles. The van der Waals surface area contributed by atoms with E-state index in [0.29, 0.717) is 13.1 Å². The van der Waals surface area contributed by atoms with Crippen molar-refractivity contribution in [1.29, 1.82) is 0 Å². The second-order valence-corrected chi connectivity index (χ2v) is 8.24. The summed E-state index contributed by atoms with van der Waals surface area (Å²) in [6, 6.07) is 15.6. The van der Waals surface area contributed by atoms with Crippen molar-refractivity contribution in [2.45, 2.75) is 31.6 Å². The number of ether oxygens (including phenoxy) is 1. The minimum atomic E-state index is -0.345. The summed E-state index contributed by atoms with van der Waals surface area (Å²) in [5.74, 6) is 1.62. The zero-order chi connectivity index (χ0) is 19.8. The largest absolute Gasteiger partial charge is 0.457 e. The minimum absolute atomic E-state index is 0.0615. The summed E-state index contributed by atoms with van der Waals surface area (Å²) in [7, 11) is 0. The average molecular weight is 390 g/mol. The van der Waals surface area contributed by atoms with E-state index in [4.69, 9.17) is 4.74 Å². The molecule has 3 heterocycles. The van der Waals surface area contributed by atoms with Crippen molar-refractivity contribution in [1.82, 2.24) is 9.80 Å². The number of benzene rings is 2. The van der Waals surface area contributed by atoms with E-state index in [-0.39, 0.29) is 23.7 Å². The Kier molecular flexibility index (Phi) is 4.74. The Balaban J connectivity index is 1.35. The molecule has 3 aliphatic heterocycles. The maximum Gasteiger partial charge on any atom is 0.234 e. The number of piperidine rings is 1. The first-order valence-corrected chi connectivity index (χ1v) is 10.7. The van der Waals surface area contributed by atoms with Crippen LogP contribution in [0.5, 0.6) is 11.5 Å². The predicted molar refractivity (Wildman–Crippen MR) is 110 cm³/mol. The number of rotatable bonds is 2. The maximum absolute atomic E-state index is 13.6. The molecule has 0 aliphatic carbocycles. The second-order valence-electron chi connectivity index (χ2n) is 8.24. The first-order chi connectivity index (χ1) is 14.2. The van der Waals surface area contributed by atoms with Crippen molar-refractivity contribution in [2.75, 3.05) is 26.2 Å². The zero-order valence-electron chi connectivity index (χ0n) is 16.5. The highest BCUT2D eigenvalue weighted by atomic mass is 16.5. The molecule has 2 saturated heterocycles. The van der Waals surface area contributed by atoms with Crippen LogP contribution in [-0.2, 0) is 9.59 Å². The highest BCUT2D eigenvalue weighted by Gasteiger charge is 2.37. The van der Waals surface area contributed by atoms with E-state index in [0.717, 1.165) is 61.4 Å². The van der Waals surface area contributed by atoms with E-state index in [1.54, 1.807) is 0 Å². The molecule has 29 heavy (non-hydrogen) atoms. The molecular formula is C24H26N2O3. The number of likely N-dealkylation sites (tertiary alicyclic amines) is 2. The number of hydrogen-bond acceptors (Lipinski definition) is 3. The molecule has 3 aliphatic rings. The van der Waals surface area contributed by atoms with Crippen LogP contribution in [0.1, 0.15) is 42.7 Å². The topological polar surface area (TPSA) is 49.9 Å². The van der Waals surface area contributed by atoms with E-state index in [1.807, 2.05) is 58.3 Å². The number of carbonyl (C=O) groups excluding carboxylic acids is 2. The van der Waals surface area contributed by atoms with E-state index in [1.165, 1.54) is 0 Å². The van der Waals surface area contributed by atoms with Crippen LogP contribution in [-0.4, -0.2) is 47.8 Å². The summed E-state index contributed by atoms with van der Waals surface area (Å²) < 4.78 is 6.03. The quantitative estimate of drug-likeness (QED) is 0.784. The molecule has 0 radical (unpaired) electrons. The molecule has 2 amide bonds. The van der Waals surface area contributed by atoms with Crippen LogP contribution in [0.3, 0.4) is 0 Å². The SMILES string of the molecule is O=C(C1CCN(C(=O)C2c3ccccc3Oc3ccccc32)CC1)N1CCCC1. The van der Waals surface area contributed by atoms with Crippen molar-refractivity contribution in [3.8, 4) is 11.5 Å². The lowest BCUT2D eigenvalue weighted by atomic mass is 9.85. The van der Waals surface area contributed by atoms with Crippen LogP contribution in [0.4, 0.5) is 0 Å². The number of para-hydroxylation sites is 2. The van der Waals surface area contributed by atoms with Crippen molar-refractivity contribution < 1.29 is 14.3 Å². The molecular weight excluding hydrogens is 364 g/mol. The van der Waals surface area contributed by atoms with E-state index >= 15 is 0 Å². The monoisotopic (exact) mass is 390 g/mol. The van der Waals surface area contributed by atoms with E-state index in [9.17, 15) is 9.59 Å². The predicted octanol–water partition coefficient (Wildman–Crippen LogP) is 3.79. The molecule has 0 bridgehead atoms. The normalized spacial score (nSPS) is 19.4. The number of hydrogen-bond donors (Lipinski definition) is 0. The fourth-order valence-electron chi connectivity index (χ4n) is 4.90. The summed E-state index contributed by atoms with van der Waals surface area (Å²) >= 11 is 0. The maximum atomic E-state index is 13.6. The van der Waals surface area contributed by atoms with Crippen molar-refractivity contribution in [2.24, 2.45) is 5.92 Å². The number of carbonyl (C=O) groups is 2. The number of fused-ring (bicyclic) bond motifs is 2. The molecule has 2 fully saturated rings. The fourth-order valence-corrected chi connectivity index (χ4v) is 4.90. The Bertz CT molecular complexity index is 882. The van der Waals surface area contributed by atoms with Crippen LogP contribution in [0.25, 0.3) is 0 Å². The van der Waals surface area contributed by atoms with Gasteiger partial charge in [0.1, 0.15) is 11.5 Å². The van der Waals surface area contributed by atoms with Gasteiger partial charge in [0, 0.05) is 43.2 Å². The highest BCUT2D eigenvalue weighted by molar-refractivity contribution is 5.90. The molecule has 5 nitrogen and oxygen atoms in total. The van der Waals surface area contributed by atoms with Crippen LogP contribution in [0.15, 0.2) is 48.5 Å². The molecule has 0 aromatic heterocycles. The van der Waals surface area contributed by atoms with E-state index < -0.39 is 0 Å². The lowest BCUT2D eigenvalue weighted by Crippen LogP contribution is -2.45. The fraction of sp³-hybridized carbons (Fsp3) is 0.417. The van der Waals surface area contributed by atoms with Gasteiger partial charge in [-0.05, 0) is 37.8 Å². The number of amides is 2. The standard InChI is InChI=1S/C24H26N2O3/c27-23(25-13-5-6-14-25)17-11-15-26(16-12-17)24(28)22-18-7-1-3-9-20(18)29-21-10-4-2-8-19(21)22/h1-4,7-10,17,22H,5-6,11-16H2. The third-order valence-corrected chi connectivity index (χ3v) is 6.50. The van der Waals surface area contributed by atoms with Gasteiger partial charge in [0.25, 0.3) is 0 Å². The van der Waals surface area contributed by atoms with Crippen LogP contribution >= 0.6 is 0 Å². The van der Waals surface area contributed by atoms with Gasteiger partial charge in [0.2, 0.25) is 11.8 Å². The zero-order valence-corrected chi connectivity index (χ0v) is 16.5. The van der Waals surface area contributed by atoms with Gasteiger partial charge in [0.05, 0.1) is 5.92 Å². The Morgan fingerprint density at radius 2 is 1.24 bits per heavy atom. The first-order valence-electron chi connectivity index (χ1n) is 10.7. The van der Waals surface area contributed by atoms with Crippen molar-refractivity contribution in [3.05, 3.63) is 59.7 Å².